The van der Waals surface area contributed by atoms with E-state index in [9.17, 15) is 9.59 Å². The SMILES string of the molecule is CCC1=C(c2ccc(OC)cc2)C(=O)c2ccccc2C1=O. The van der Waals surface area contributed by atoms with Gasteiger partial charge in [-0.15, -0.1) is 0 Å². The quantitative estimate of drug-likeness (QED) is 0.860. The first-order valence-electron chi connectivity index (χ1n) is 7.23. The normalized spacial score (nSPS) is 14.1. The first-order chi connectivity index (χ1) is 10.7. The summed E-state index contributed by atoms with van der Waals surface area (Å²) in [5.41, 5.74) is 2.82. The molecule has 1 aliphatic rings. The minimum Gasteiger partial charge on any atom is -0.497 e. The maximum atomic E-state index is 12.8. The number of methoxy groups -OCH3 is 1. The molecule has 0 fully saturated rings. The number of rotatable bonds is 3. The van der Waals surface area contributed by atoms with Crippen LogP contribution >= 0.6 is 0 Å². The Balaban J connectivity index is 2.19. The molecule has 0 radical (unpaired) electrons. The Labute approximate surface area is 129 Å². The van der Waals surface area contributed by atoms with E-state index in [0.717, 1.165) is 11.3 Å². The predicted octanol–water partition coefficient (Wildman–Crippen LogP) is 3.94. The van der Waals surface area contributed by atoms with Crippen LogP contribution in [0.3, 0.4) is 0 Å². The second-order valence-corrected chi connectivity index (χ2v) is 5.14. The standard InChI is InChI=1S/C19H16O3/c1-3-14-17(12-8-10-13(22-2)11-9-12)19(21)16-7-5-4-6-15(16)18(14)20/h4-11H,3H2,1-2H3. The number of fused-ring (bicyclic) bond motifs is 1. The summed E-state index contributed by atoms with van der Waals surface area (Å²) >= 11 is 0. The van der Waals surface area contributed by atoms with Crippen molar-refractivity contribution >= 4 is 17.1 Å². The zero-order chi connectivity index (χ0) is 15.7. The van der Waals surface area contributed by atoms with E-state index in [1.807, 2.05) is 19.1 Å². The molecule has 0 amide bonds. The van der Waals surface area contributed by atoms with Gasteiger partial charge < -0.3 is 4.74 Å². The highest BCUT2D eigenvalue weighted by atomic mass is 16.5. The van der Waals surface area contributed by atoms with Gasteiger partial charge in [0.25, 0.3) is 0 Å². The van der Waals surface area contributed by atoms with Crippen LogP contribution in [0.5, 0.6) is 5.75 Å². The molecule has 0 N–H and O–H groups in total. The number of ketones is 2. The third kappa shape index (κ3) is 2.15. The van der Waals surface area contributed by atoms with Gasteiger partial charge in [-0.2, -0.15) is 0 Å². The fraction of sp³-hybridized carbons (Fsp3) is 0.158. The number of carbonyl (C=O) groups excluding carboxylic acids is 2. The second-order valence-electron chi connectivity index (χ2n) is 5.14. The van der Waals surface area contributed by atoms with E-state index in [1.54, 1.807) is 43.5 Å². The predicted molar refractivity (Wildman–Crippen MR) is 85.3 cm³/mol. The van der Waals surface area contributed by atoms with Crippen molar-refractivity contribution in [1.82, 2.24) is 0 Å². The Morgan fingerprint density at radius 2 is 1.45 bits per heavy atom. The van der Waals surface area contributed by atoms with E-state index >= 15 is 0 Å². The minimum absolute atomic E-state index is 0.0523. The van der Waals surface area contributed by atoms with Gasteiger partial charge in [-0.05, 0) is 24.1 Å². The van der Waals surface area contributed by atoms with Gasteiger partial charge in [0.1, 0.15) is 5.75 Å². The highest BCUT2D eigenvalue weighted by Crippen LogP contribution is 2.34. The largest absolute Gasteiger partial charge is 0.497 e. The van der Waals surface area contributed by atoms with Crippen molar-refractivity contribution in [2.75, 3.05) is 7.11 Å². The summed E-state index contributed by atoms with van der Waals surface area (Å²) in [6, 6.07) is 14.2. The lowest BCUT2D eigenvalue weighted by Crippen LogP contribution is -2.21. The first-order valence-corrected chi connectivity index (χ1v) is 7.23. The molecule has 22 heavy (non-hydrogen) atoms. The summed E-state index contributed by atoms with van der Waals surface area (Å²) in [5, 5.41) is 0. The van der Waals surface area contributed by atoms with E-state index in [2.05, 4.69) is 0 Å². The number of hydrogen-bond donors (Lipinski definition) is 0. The molecule has 3 rings (SSSR count). The van der Waals surface area contributed by atoms with Crippen LogP contribution in [0.4, 0.5) is 0 Å². The topological polar surface area (TPSA) is 43.4 Å². The van der Waals surface area contributed by atoms with Crippen LogP contribution in [-0.4, -0.2) is 18.7 Å². The Morgan fingerprint density at radius 3 is 2.00 bits per heavy atom. The number of benzene rings is 2. The monoisotopic (exact) mass is 292 g/mol. The van der Waals surface area contributed by atoms with E-state index < -0.39 is 0 Å². The maximum absolute atomic E-state index is 12.8. The number of hydrogen-bond acceptors (Lipinski definition) is 3. The van der Waals surface area contributed by atoms with Crippen molar-refractivity contribution in [1.29, 1.82) is 0 Å². The Hall–Kier alpha value is -2.68. The summed E-state index contributed by atoms with van der Waals surface area (Å²) in [5.74, 6) is 0.582. The van der Waals surface area contributed by atoms with Crippen LogP contribution in [0, 0.1) is 0 Å². The highest BCUT2D eigenvalue weighted by Gasteiger charge is 2.31. The molecule has 0 heterocycles. The molecule has 1 aliphatic carbocycles. The van der Waals surface area contributed by atoms with Crippen molar-refractivity contribution in [3.63, 3.8) is 0 Å². The van der Waals surface area contributed by atoms with E-state index in [-0.39, 0.29) is 11.6 Å². The third-order valence-corrected chi connectivity index (χ3v) is 3.95. The van der Waals surface area contributed by atoms with Crippen LogP contribution in [0.2, 0.25) is 0 Å². The molecule has 3 heteroatoms. The number of allylic oxidation sites excluding steroid dienone is 2. The average molecular weight is 292 g/mol. The van der Waals surface area contributed by atoms with Crippen molar-refractivity contribution < 1.29 is 14.3 Å². The van der Waals surface area contributed by atoms with E-state index in [0.29, 0.717) is 28.7 Å². The van der Waals surface area contributed by atoms with E-state index in [4.69, 9.17) is 4.74 Å². The average Bonchev–Trinajstić information content (AvgIpc) is 2.58. The molecule has 2 aromatic carbocycles. The zero-order valence-electron chi connectivity index (χ0n) is 12.6. The Kier molecular flexibility index (Phi) is 3.63. The molecule has 0 unspecified atom stereocenters. The third-order valence-electron chi connectivity index (χ3n) is 3.95. The summed E-state index contributed by atoms with van der Waals surface area (Å²) in [4.78, 5) is 25.5. The van der Waals surface area contributed by atoms with Gasteiger partial charge in [-0.1, -0.05) is 43.3 Å². The van der Waals surface area contributed by atoms with Gasteiger partial charge in [0.2, 0.25) is 0 Å². The smallest absolute Gasteiger partial charge is 0.194 e. The van der Waals surface area contributed by atoms with Crippen LogP contribution < -0.4 is 4.74 Å². The molecule has 0 saturated carbocycles. The fourth-order valence-electron chi connectivity index (χ4n) is 2.83. The van der Waals surface area contributed by atoms with Crippen LogP contribution in [0.1, 0.15) is 39.6 Å². The van der Waals surface area contributed by atoms with Crippen molar-refractivity contribution in [3.05, 3.63) is 70.8 Å². The first kappa shape index (κ1) is 14.3. The van der Waals surface area contributed by atoms with E-state index in [1.165, 1.54) is 0 Å². The Bertz CT molecular complexity index is 783. The number of carbonyl (C=O) groups is 2. The van der Waals surface area contributed by atoms with Gasteiger partial charge in [-0.25, -0.2) is 0 Å². The molecule has 0 atom stereocenters. The van der Waals surface area contributed by atoms with Crippen molar-refractivity contribution in [3.8, 4) is 5.75 Å². The van der Waals surface area contributed by atoms with Gasteiger partial charge in [0.15, 0.2) is 11.6 Å². The molecule has 3 nitrogen and oxygen atoms in total. The number of ether oxygens (including phenoxy) is 1. The van der Waals surface area contributed by atoms with Crippen LogP contribution in [-0.2, 0) is 0 Å². The lowest BCUT2D eigenvalue weighted by Gasteiger charge is -2.20. The minimum atomic E-state index is -0.0859. The molecule has 110 valence electrons. The summed E-state index contributed by atoms with van der Waals surface area (Å²) in [6.45, 7) is 1.90. The molecule has 0 aliphatic heterocycles. The van der Waals surface area contributed by atoms with Gasteiger partial charge >= 0.3 is 0 Å². The molecule has 0 saturated heterocycles. The Morgan fingerprint density at radius 1 is 0.864 bits per heavy atom. The second kappa shape index (κ2) is 5.60. The van der Waals surface area contributed by atoms with Crippen LogP contribution in [0.15, 0.2) is 54.1 Å². The van der Waals surface area contributed by atoms with Crippen molar-refractivity contribution in [2.45, 2.75) is 13.3 Å². The molecule has 0 aromatic heterocycles. The molecule has 2 aromatic rings. The van der Waals surface area contributed by atoms with Gasteiger partial charge in [0.05, 0.1) is 7.11 Å². The molecule has 0 spiro atoms. The summed E-state index contributed by atoms with van der Waals surface area (Å²) < 4.78 is 5.15. The highest BCUT2D eigenvalue weighted by molar-refractivity contribution is 6.40. The van der Waals surface area contributed by atoms with Gasteiger partial charge in [0, 0.05) is 22.3 Å². The molecule has 0 bridgehead atoms. The maximum Gasteiger partial charge on any atom is 0.194 e. The lowest BCUT2D eigenvalue weighted by atomic mass is 9.80. The molecular weight excluding hydrogens is 276 g/mol. The molecular formula is C19H16O3. The summed E-state index contributed by atoms with van der Waals surface area (Å²) in [6.07, 6.45) is 0.528. The summed E-state index contributed by atoms with van der Waals surface area (Å²) in [7, 11) is 1.59. The van der Waals surface area contributed by atoms with Crippen molar-refractivity contribution in [2.24, 2.45) is 0 Å². The number of Topliss-reactive ketones (excluding diaryl/α,β-unsaturated/α-hetero) is 2. The fourth-order valence-corrected chi connectivity index (χ4v) is 2.83. The lowest BCUT2D eigenvalue weighted by molar-refractivity contribution is 0.0989. The van der Waals surface area contributed by atoms with Crippen LogP contribution in [0.25, 0.3) is 5.57 Å². The van der Waals surface area contributed by atoms with Gasteiger partial charge in [-0.3, -0.25) is 9.59 Å². The zero-order valence-corrected chi connectivity index (χ0v) is 12.6.